The van der Waals surface area contributed by atoms with Crippen molar-refractivity contribution in [3.63, 3.8) is 0 Å². The van der Waals surface area contributed by atoms with Crippen LogP contribution >= 0.6 is 0 Å². The minimum absolute atomic E-state index is 0.0103. The molecule has 7 nitrogen and oxygen atoms in total. The number of carbonyl (C=O) groups excluding carboxylic acids is 1. The molecule has 2 aliphatic rings. The molecule has 0 saturated heterocycles. The van der Waals surface area contributed by atoms with Crippen LogP contribution in [0.15, 0.2) is 40.3 Å². The number of sulfone groups is 1. The Kier molecular flexibility index (Phi) is 3.29. The number of Topliss-reactive ketones (excluding diaryl/α,β-unsaturated/α-hetero) is 1. The van der Waals surface area contributed by atoms with E-state index in [2.05, 4.69) is 4.98 Å². The van der Waals surface area contributed by atoms with Gasteiger partial charge in [-0.25, -0.2) is 8.42 Å². The van der Waals surface area contributed by atoms with Crippen molar-refractivity contribution in [2.24, 2.45) is 7.05 Å². The van der Waals surface area contributed by atoms with Gasteiger partial charge in [0.2, 0.25) is 0 Å². The number of ketones is 1. The largest absolute Gasteiger partial charge is 0.479 e. The Morgan fingerprint density at radius 3 is 2.61 bits per heavy atom. The fourth-order valence-electron chi connectivity index (χ4n) is 3.89. The van der Waals surface area contributed by atoms with E-state index in [1.807, 2.05) is 0 Å². The van der Waals surface area contributed by atoms with Gasteiger partial charge in [-0.05, 0) is 31.0 Å². The van der Waals surface area contributed by atoms with Crippen LogP contribution in [0, 0.1) is 0 Å². The highest BCUT2D eigenvalue weighted by Crippen LogP contribution is 2.50. The molecule has 1 spiro atoms. The van der Waals surface area contributed by atoms with E-state index >= 15 is 0 Å². The highest BCUT2D eigenvalue weighted by atomic mass is 32.2. The first kappa shape index (κ1) is 17.2. The third-order valence-electron chi connectivity index (χ3n) is 5.61. The van der Waals surface area contributed by atoms with E-state index in [0.29, 0.717) is 46.2 Å². The molecule has 1 aliphatic carbocycles. The molecule has 1 N–H and O–H groups in total. The first-order chi connectivity index (χ1) is 13.2. The average Bonchev–Trinajstić information content (AvgIpc) is 3.23. The summed E-state index contributed by atoms with van der Waals surface area (Å²) in [5.41, 5.74) is 1.32. The number of aromatic amines is 1. The summed E-state index contributed by atoms with van der Waals surface area (Å²) in [4.78, 5) is 28.0. The minimum atomic E-state index is -3.50. The molecule has 1 aromatic carbocycles. The zero-order chi connectivity index (χ0) is 19.8. The fraction of sp³-hybridized carbons (Fsp3) is 0.300. The van der Waals surface area contributed by atoms with Crippen LogP contribution in [-0.2, 0) is 28.1 Å². The number of rotatable bonds is 2. The van der Waals surface area contributed by atoms with Gasteiger partial charge in [-0.2, -0.15) is 0 Å². The van der Waals surface area contributed by atoms with Gasteiger partial charge < -0.3 is 14.3 Å². The Morgan fingerprint density at radius 2 is 1.93 bits per heavy atom. The Bertz CT molecular complexity index is 1340. The number of ether oxygens (including phenoxy) is 1. The van der Waals surface area contributed by atoms with Gasteiger partial charge in [0.05, 0.1) is 4.90 Å². The Hall–Kier alpha value is -2.87. The molecule has 5 rings (SSSR count). The lowest BCUT2D eigenvalue weighted by Crippen LogP contribution is -2.35. The Labute approximate surface area is 160 Å². The van der Waals surface area contributed by atoms with E-state index in [9.17, 15) is 18.0 Å². The zero-order valence-corrected chi connectivity index (χ0v) is 16.2. The molecule has 1 saturated carbocycles. The summed E-state index contributed by atoms with van der Waals surface area (Å²) in [6.45, 7) is 0. The second-order valence-electron chi connectivity index (χ2n) is 7.65. The maximum Gasteiger partial charge on any atom is 0.274 e. The average molecular weight is 398 g/mol. The van der Waals surface area contributed by atoms with Gasteiger partial charge in [0.15, 0.2) is 21.2 Å². The molecular weight excluding hydrogens is 380 g/mol. The topological polar surface area (TPSA) is 98.2 Å². The maximum absolute atomic E-state index is 12.5. The third kappa shape index (κ3) is 2.37. The molecule has 3 aromatic rings. The van der Waals surface area contributed by atoms with Gasteiger partial charge in [0.1, 0.15) is 11.3 Å². The summed E-state index contributed by atoms with van der Waals surface area (Å²) in [5.74, 6) is 0.523. The van der Waals surface area contributed by atoms with Crippen LogP contribution in [0.2, 0.25) is 0 Å². The lowest BCUT2D eigenvalue weighted by atomic mass is 9.93. The minimum Gasteiger partial charge on any atom is -0.479 e. The molecule has 0 unspecified atom stereocenters. The summed E-state index contributed by atoms with van der Waals surface area (Å²) in [6.07, 6.45) is 5.98. The molecule has 0 atom stereocenters. The standard InChI is InChI=1S/C20H18N2O5S/c1-22-10-15(13-3-6-21-17(13)19(22)24)14-9-12(28(2,25)26)7-11-8-16(23)20(4-5-20)27-18(11)14/h3,6-7,9-10,21H,4-5,8H2,1-2H3. The number of hydrogen-bond donors (Lipinski definition) is 1. The van der Waals surface area contributed by atoms with E-state index in [1.165, 1.54) is 10.6 Å². The molecular formula is C20H18N2O5S. The predicted octanol–water partition coefficient (Wildman–Crippen LogP) is 1.97. The second-order valence-corrected chi connectivity index (χ2v) is 9.67. The number of aromatic nitrogens is 2. The molecule has 0 amide bonds. The van der Waals surface area contributed by atoms with Crippen LogP contribution in [-0.4, -0.2) is 35.6 Å². The van der Waals surface area contributed by atoms with Gasteiger partial charge in [0, 0.05) is 54.2 Å². The van der Waals surface area contributed by atoms with E-state index < -0.39 is 15.4 Å². The van der Waals surface area contributed by atoms with Crippen LogP contribution in [0.1, 0.15) is 18.4 Å². The molecule has 3 heterocycles. The van der Waals surface area contributed by atoms with Crippen LogP contribution in [0.4, 0.5) is 0 Å². The number of nitrogens with zero attached hydrogens (tertiary/aromatic N) is 1. The molecule has 0 bridgehead atoms. The number of H-pyrrole nitrogens is 1. The Balaban J connectivity index is 1.86. The molecule has 0 radical (unpaired) electrons. The molecule has 8 heteroatoms. The van der Waals surface area contributed by atoms with Crippen LogP contribution in [0.3, 0.4) is 0 Å². The number of nitrogens with one attached hydrogen (secondary N) is 1. The molecule has 1 fully saturated rings. The van der Waals surface area contributed by atoms with Gasteiger partial charge in [-0.1, -0.05) is 0 Å². The maximum atomic E-state index is 12.5. The van der Waals surface area contributed by atoms with Crippen molar-refractivity contribution in [3.05, 3.63) is 46.5 Å². The summed E-state index contributed by atoms with van der Waals surface area (Å²) in [7, 11) is -1.85. The van der Waals surface area contributed by atoms with Gasteiger partial charge in [0.25, 0.3) is 5.56 Å². The van der Waals surface area contributed by atoms with E-state index in [0.717, 1.165) is 6.26 Å². The predicted molar refractivity (Wildman–Crippen MR) is 103 cm³/mol. The molecule has 2 aromatic heterocycles. The van der Waals surface area contributed by atoms with Crippen LogP contribution < -0.4 is 10.3 Å². The Morgan fingerprint density at radius 1 is 1.18 bits per heavy atom. The van der Waals surface area contributed by atoms with Crippen molar-refractivity contribution in [1.29, 1.82) is 0 Å². The first-order valence-corrected chi connectivity index (χ1v) is 10.9. The van der Waals surface area contributed by atoms with Crippen molar-refractivity contribution in [1.82, 2.24) is 9.55 Å². The van der Waals surface area contributed by atoms with Crippen molar-refractivity contribution in [3.8, 4) is 16.9 Å². The lowest BCUT2D eigenvalue weighted by Gasteiger charge is -2.28. The quantitative estimate of drug-likeness (QED) is 0.712. The van der Waals surface area contributed by atoms with Crippen LogP contribution in [0.5, 0.6) is 5.75 Å². The summed E-state index contributed by atoms with van der Waals surface area (Å²) < 4.78 is 32.1. The number of hydrogen-bond acceptors (Lipinski definition) is 5. The molecule has 144 valence electrons. The zero-order valence-electron chi connectivity index (χ0n) is 15.4. The monoisotopic (exact) mass is 398 g/mol. The van der Waals surface area contributed by atoms with Gasteiger partial charge in [-0.3, -0.25) is 9.59 Å². The van der Waals surface area contributed by atoms with Crippen molar-refractivity contribution in [2.75, 3.05) is 6.26 Å². The lowest BCUT2D eigenvalue weighted by molar-refractivity contribution is -0.128. The van der Waals surface area contributed by atoms with Gasteiger partial charge >= 0.3 is 0 Å². The molecule has 1 aliphatic heterocycles. The van der Waals surface area contributed by atoms with E-state index in [1.54, 1.807) is 31.6 Å². The highest BCUT2D eigenvalue weighted by Gasteiger charge is 2.55. The van der Waals surface area contributed by atoms with Crippen molar-refractivity contribution in [2.45, 2.75) is 29.8 Å². The number of fused-ring (bicyclic) bond motifs is 2. The number of benzene rings is 1. The summed E-state index contributed by atoms with van der Waals surface area (Å²) in [5, 5.41) is 0.682. The number of aryl methyl sites for hydroxylation is 1. The third-order valence-corrected chi connectivity index (χ3v) is 6.70. The second kappa shape index (κ2) is 5.35. The number of pyridine rings is 1. The SMILES string of the molecule is Cn1cc(-c2cc(S(C)(=O)=O)cc3c2OC2(CC2)C(=O)C3)c2cc[nH]c2c1=O. The normalized spacial score (nSPS) is 17.6. The van der Waals surface area contributed by atoms with Crippen LogP contribution in [0.25, 0.3) is 22.0 Å². The summed E-state index contributed by atoms with van der Waals surface area (Å²) in [6, 6.07) is 4.89. The first-order valence-electron chi connectivity index (χ1n) is 8.96. The smallest absolute Gasteiger partial charge is 0.274 e. The van der Waals surface area contributed by atoms with Crippen molar-refractivity contribution < 1.29 is 17.9 Å². The molecule has 28 heavy (non-hydrogen) atoms. The van der Waals surface area contributed by atoms with E-state index in [4.69, 9.17) is 4.74 Å². The number of carbonyl (C=O) groups is 1. The highest BCUT2D eigenvalue weighted by molar-refractivity contribution is 7.90. The van der Waals surface area contributed by atoms with Gasteiger partial charge in [-0.15, -0.1) is 0 Å². The summed E-state index contributed by atoms with van der Waals surface area (Å²) >= 11 is 0. The van der Waals surface area contributed by atoms with Crippen molar-refractivity contribution >= 4 is 26.5 Å². The van der Waals surface area contributed by atoms with E-state index in [-0.39, 0.29) is 22.7 Å². The fourth-order valence-corrected chi connectivity index (χ4v) is 4.58.